The van der Waals surface area contributed by atoms with Crippen molar-refractivity contribution in [3.63, 3.8) is 0 Å². The van der Waals surface area contributed by atoms with E-state index in [9.17, 15) is 4.79 Å². The number of nitrogens with one attached hydrogen (secondary N) is 2. The van der Waals surface area contributed by atoms with Crippen LogP contribution in [0.4, 0.5) is 0 Å². The number of aromatic amines is 2. The van der Waals surface area contributed by atoms with Crippen LogP contribution in [0.15, 0.2) is 24.8 Å². The highest BCUT2D eigenvalue weighted by molar-refractivity contribution is 5.76. The Kier molecular flexibility index (Phi) is 10.9. The molecule has 0 bridgehead atoms. The summed E-state index contributed by atoms with van der Waals surface area (Å²) in [6.45, 7) is 12.7. The van der Waals surface area contributed by atoms with Crippen molar-refractivity contribution < 1.29 is 4.79 Å². The van der Waals surface area contributed by atoms with Gasteiger partial charge in [0.05, 0.1) is 13.1 Å². The number of carbonyl (C=O) groups excluding carboxylic acids is 1. The molecule has 0 aliphatic carbocycles. The van der Waals surface area contributed by atoms with Crippen molar-refractivity contribution >= 4 is 5.91 Å². The van der Waals surface area contributed by atoms with Crippen molar-refractivity contribution in [2.75, 3.05) is 39.3 Å². The molecule has 0 atom stereocenters. The molecule has 1 aliphatic rings. The molecule has 1 saturated heterocycles. The van der Waals surface area contributed by atoms with Crippen molar-refractivity contribution in [3.8, 4) is 0 Å². The van der Waals surface area contributed by atoms with Gasteiger partial charge in [-0.1, -0.05) is 13.8 Å². The zero-order chi connectivity index (χ0) is 23.3. The second-order valence-electron chi connectivity index (χ2n) is 9.34. The van der Waals surface area contributed by atoms with Crippen LogP contribution in [0.2, 0.25) is 0 Å². The van der Waals surface area contributed by atoms with Gasteiger partial charge in [0, 0.05) is 31.2 Å². The van der Waals surface area contributed by atoms with Gasteiger partial charge in [0.1, 0.15) is 11.6 Å². The fourth-order valence-electron chi connectivity index (χ4n) is 4.83. The maximum atomic E-state index is 13.0. The lowest BCUT2D eigenvalue weighted by molar-refractivity contribution is -0.133. The van der Waals surface area contributed by atoms with E-state index in [4.69, 9.17) is 0 Å². The van der Waals surface area contributed by atoms with Gasteiger partial charge in [0.2, 0.25) is 5.91 Å². The van der Waals surface area contributed by atoms with Gasteiger partial charge in [-0.05, 0) is 83.7 Å². The van der Waals surface area contributed by atoms with Gasteiger partial charge in [-0.2, -0.15) is 0 Å². The lowest BCUT2D eigenvalue weighted by Crippen LogP contribution is -2.37. The van der Waals surface area contributed by atoms with Gasteiger partial charge in [-0.3, -0.25) is 4.79 Å². The third-order valence-corrected chi connectivity index (χ3v) is 6.65. The Bertz CT molecular complexity index is 712. The molecular weight excluding hydrogens is 414 g/mol. The number of amides is 1. The summed E-state index contributed by atoms with van der Waals surface area (Å²) in [7, 11) is 0. The molecule has 3 heterocycles. The number of likely N-dealkylation sites (tertiary alicyclic amines) is 1. The molecule has 0 saturated carbocycles. The fraction of sp³-hybridized carbons (Fsp3) is 0.720. The molecular formula is C25H43N7O. The van der Waals surface area contributed by atoms with Crippen molar-refractivity contribution in [1.82, 2.24) is 34.6 Å². The van der Waals surface area contributed by atoms with E-state index in [2.05, 4.69) is 43.6 Å². The van der Waals surface area contributed by atoms with Gasteiger partial charge in [0.25, 0.3) is 0 Å². The number of aromatic nitrogens is 4. The average molecular weight is 458 g/mol. The Hall–Kier alpha value is -2.19. The summed E-state index contributed by atoms with van der Waals surface area (Å²) < 4.78 is 0. The van der Waals surface area contributed by atoms with E-state index in [1.807, 2.05) is 4.90 Å². The van der Waals surface area contributed by atoms with Crippen molar-refractivity contribution in [2.24, 2.45) is 5.92 Å². The Morgan fingerprint density at radius 2 is 1.61 bits per heavy atom. The van der Waals surface area contributed by atoms with Crippen LogP contribution in [0.25, 0.3) is 0 Å². The van der Waals surface area contributed by atoms with Gasteiger partial charge in [-0.25, -0.2) is 9.97 Å². The predicted molar refractivity (Wildman–Crippen MR) is 131 cm³/mol. The molecule has 33 heavy (non-hydrogen) atoms. The number of H-pyrrole nitrogens is 2. The van der Waals surface area contributed by atoms with Crippen LogP contribution in [0.3, 0.4) is 0 Å². The monoisotopic (exact) mass is 457 g/mol. The number of carbonyl (C=O) groups is 1. The molecule has 184 valence electrons. The number of hydrogen-bond donors (Lipinski definition) is 2. The largest absolute Gasteiger partial charge is 0.347 e. The Balaban J connectivity index is 1.37. The summed E-state index contributed by atoms with van der Waals surface area (Å²) in [6.07, 6.45) is 14.8. The summed E-state index contributed by atoms with van der Waals surface area (Å²) >= 11 is 0. The maximum Gasteiger partial charge on any atom is 0.223 e. The van der Waals surface area contributed by atoms with E-state index in [1.165, 1.54) is 71.4 Å². The maximum absolute atomic E-state index is 13.0. The first-order valence-electron chi connectivity index (χ1n) is 12.9. The average Bonchev–Trinajstić information content (AvgIpc) is 3.53. The van der Waals surface area contributed by atoms with Gasteiger partial charge >= 0.3 is 0 Å². The lowest BCUT2D eigenvalue weighted by Gasteiger charge is -2.33. The van der Waals surface area contributed by atoms with Crippen LogP contribution in [0.5, 0.6) is 0 Å². The first-order chi connectivity index (χ1) is 16.2. The summed E-state index contributed by atoms with van der Waals surface area (Å²) in [4.78, 5) is 34.9. The quantitative estimate of drug-likeness (QED) is 0.426. The van der Waals surface area contributed by atoms with Crippen LogP contribution in [-0.4, -0.2) is 79.8 Å². The fourth-order valence-corrected chi connectivity index (χ4v) is 4.83. The minimum Gasteiger partial charge on any atom is -0.347 e. The second kappa shape index (κ2) is 14.2. The molecule has 0 aromatic carbocycles. The molecule has 8 heteroatoms. The van der Waals surface area contributed by atoms with E-state index in [1.54, 1.807) is 24.8 Å². The first kappa shape index (κ1) is 25.4. The van der Waals surface area contributed by atoms with Crippen LogP contribution in [0.1, 0.15) is 70.4 Å². The van der Waals surface area contributed by atoms with Crippen LogP contribution < -0.4 is 0 Å². The van der Waals surface area contributed by atoms with Crippen molar-refractivity contribution in [1.29, 1.82) is 0 Å². The topological polar surface area (TPSA) is 84.2 Å². The smallest absolute Gasteiger partial charge is 0.223 e. The number of rotatable bonds is 15. The molecule has 2 N–H and O–H groups in total. The van der Waals surface area contributed by atoms with E-state index in [-0.39, 0.29) is 5.91 Å². The zero-order valence-electron chi connectivity index (χ0n) is 20.6. The minimum atomic E-state index is 0.178. The first-order valence-corrected chi connectivity index (χ1v) is 12.9. The van der Waals surface area contributed by atoms with Crippen LogP contribution in [0, 0.1) is 5.92 Å². The summed E-state index contributed by atoms with van der Waals surface area (Å²) in [5, 5.41) is 0. The van der Waals surface area contributed by atoms with Gasteiger partial charge in [0.15, 0.2) is 0 Å². The zero-order valence-corrected chi connectivity index (χ0v) is 20.6. The Morgan fingerprint density at radius 1 is 1.00 bits per heavy atom. The van der Waals surface area contributed by atoms with Crippen LogP contribution >= 0.6 is 0 Å². The molecule has 3 rings (SSSR count). The van der Waals surface area contributed by atoms with E-state index in [0.29, 0.717) is 25.4 Å². The molecule has 0 unspecified atom stereocenters. The minimum absolute atomic E-state index is 0.178. The molecule has 1 fully saturated rings. The molecule has 2 aromatic rings. The second-order valence-corrected chi connectivity index (χ2v) is 9.34. The Labute approximate surface area is 199 Å². The SMILES string of the molecule is CCCN(CCC)CCCN1CCC(CCC(=O)N(Cc2ncc[nH]2)Cc2ncc[nH]2)CC1. The highest BCUT2D eigenvalue weighted by Gasteiger charge is 2.22. The number of nitrogens with zero attached hydrogens (tertiary/aromatic N) is 5. The summed E-state index contributed by atoms with van der Waals surface area (Å²) in [5.74, 6) is 2.44. The number of hydrogen-bond acceptors (Lipinski definition) is 5. The number of piperidine rings is 1. The lowest BCUT2D eigenvalue weighted by atomic mass is 9.92. The standard InChI is InChI=1S/C25H43N7O/c1-3-14-30(15-4-2)16-5-17-31-18-8-22(9-19-31)6-7-25(33)32(20-23-26-10-11-27-23)21-24-28-12-13-29-24/h10-13,22H,3-9,14-21H2,1-2H3,(H,26,27)(H,28,29). The van der Waals surface area contributed by atoms with Crippen LogP contribution in [-0.2, 0) is 17.9 Å². The van der Waals surface area contributed by atoms with Gasteiger partial charge in [-0.15, -0.1) is 0 Å². The number of imidazole rings is 2. The third-order valence-electron chi connectivity index (χ3n) is 6.65. The molecule has 0 spiro atoms. The molecule has 2 aromatic heterocycles. The highest BCUT2D eigenvalue weighted by atomic mass is 16.2. The van der Waals surface area contributed by atoms with E-state index < -0.39 is 0 Å². The van der Waals surface area contributed by atoms with E-state index >= 15 is 0 Å². The van der Waals surface area contributed by atoms with Crippen molar-refractivity contribution in [2.45, 2.75) is 71.9 Å². The highest BCUT2D eigenvalue weighted by Crippen LogP contribution is 2.23. The summed E-state index contributed by atoms with van der Waals surface area (Å²) in [6, 6.07) is 0. The van der Waals surface area contributed by atoms with Crippen molar-refractivity contribution in [3.05, 3.63) is 36.4 Å². The third kappa shape index (κ3) is 8.93. The van der Waals surface area contributed by atoms with E-state index in [0.717, 1.165) is 18.1 Å². The Morgan fingerprint density at radius 3 is 2.12 bits per heavy atom. The normalized spacial score (nSPS) is 15.4. The molecule has 1 aliphatic heterocycles. The molecule has 1 amide bonds. The molecule has 8 nitrogen and oxygen atoms in total. The molecule has 0 radical (unpaired) electrons. The predicted octanol–water partition coefficient (Wildman–Crippen LogP) is 3.67. The van der Waals surface area contributed by atoms with Gasteiger partial charge < -0.3 is 24.7 Å². The summed E-state index contributed by atoms with van der Waals surface area (Å²) in [5.41, 5.74) is 0.